The van der Waals surface area contributed by atoms with Crippen LogP contribution in [0.1, 0.15) is 17.2 Å². The van der Waals surface area contributed by atoms with Crippen LogP contribution in [0.4, 0.5) is 9.18 Å². The van der Waals surface area contributed by atoms with E-state index in [0.717, 1.165) is 5.56 Å². The fourth-order valence-corrected chi connectivity index (χ4v) is 1.97. The number of carbonyl (C=O) groups excluding carboxylic acids is 1. The molecule has 2 rings (SSSR count). The Labute approximate surface area is 128 Å². The lowest BCUT2D eigenvalue weighted by Crippen LogP contribution is -2.38. The van der Waals surface area contributed by atoms with Crippen molar-refractivity contribution in [2.24, 2.45) is 0 Å². The van der Waals surface area contributed by atoms with Crippen LogP contribution < -0.4 is 10.6 Å². The lowest BCUT2D eigenvalue weighted by molar-refractivity contribution is 0.169. The summed E-state index contributed by atoms with van der Waals surface area (Å²) in [7, 11) is 0. The first-order valence-corrected chi connectivity index (χ1v) is 7.00. The summed E-state index contributed by atoms with van der Waals surface area (Å²) >= 11 is 0. The smallest absolute Gasteiger partial charge is 0.314 e. The molecule has 3 N–H and O–H groups in total. The standard InChI is InChI=1S/C16H18FN3O2/c17-14-6-2-1-5-13(14)15(21)11-20-16(22)19-9-7-12-4-3-8-18-10-12/h1-6,8,10,15,21H,7,9,11H2,(H2,19,20,22). The van der Waals surface area contributed by atoms with Crippen molar-refractivity contribution in [2.45, 2.75) is 12.5 Å². The number of aliphatic hydroxyl groups excluding tert-OH is 1. The van der Waals surface area contributed by atoms with Gasteiger partial charge in [-0.05, 0) is 24.1 Å². The Morgan fingerprint density at radius 2 is 2.05 bits per heavy atom. The van der Waals surface area contributed by atoms with Crippen molar-refractivity contribution in [3.05, 3.63) is 65.7 Å². The number of benzene rings is 1. The second kappa shape index (κ2) is 8.09. The third-order valence-corrected chi connectivity index (χ3v) is 3.14. The number of nitrogens with zero attached hydrogens (tertiary/aromatic N) is 1. The summed E-state index contributed by atoms with van der Waals surface area (Å²) in [4.78, 5) is 15.6. The Bertz CT molecular complexity index is 607. The molecule has 5 nitrogen and oxygen atoms in total. The molecule has 0 saturated heterocycles. The number of halogens is 1. The van der Waals surface area contributed by atoms with E-state index in [1.807, 2.05) is 12.1 Å². The molecule has 1 aromatic heterocycles. The van der Waals surface area contributed by atoms with Crippen molar-refractivity contribution >= 4 is 6.03 Å². The van der Waals surface area contributed by atoms with Crippen molar-refractivity contribution in [1.82, 2.24) is 15.6 Å². The van der Waals surface area contributed by atoms with Gasteiger partial charge in [0.25, 0.3) is 0 Å². The highest BCUT2D eigenvalue weighted by Crippen LogP contribution is 2.15. The first-order valence-electron chi connectivity index (χ1n) is 7.00. The molecule has 0 saturated carbocycles. The minimum Gasteiger partial charge on any atom is -0.386 e. The van der Waals surface area contributed by atoms with Gasteiger partial charge in [-0.3, -0.25) is 4.98 Å². The largest absolute Gasteiger partial charge is 0.386 e. The van der Waals surface area contributed by atoms with E-state index in [9.17, 15) is 14.3 Å². The zero-order valence-electron chi connectivity index (χ0n) is 12.0. The van der Waals surface area contributed by atoms with Crippen LogP contribution in [-0.2, 0) is 6.42 Å². The molecule has 2 amide bonds. The van der Waals surface area contributed by atoms with E-state index in [1.54, 1.807) is 24.5 Å². The van der Waals surface area contributed by atoms with Gasteiger partial charge >= 0.3 is 6.03 Å². The van der Waals surface area contributed by atoms with Crippen LogP contribution in [0.25, 0.3) is 0 Å². The molecule has 0 aliphatic rings. The Kier molecular flexibility index (Phi) is 5.85. The Balaban J connectivity index is 1.70. The number of pyridine rings is 1. The van der Waals surface area contributed by atoms with E-state index < -0.39 is 18.0 Å². The van der Waals surface area contributed by atoms with Gasteiger partial charge in [0.1, 0.15) is 5.82 Å². The number of amides is 2. The first kappa shape index (κ1) is 15.9. The van der Waals surface area contributed by atoms with Crippen LogP contribution in [0.2, 0.25) is 0 Å². The average Bonchev–Trinajstić information content (AvgIpc) is 2.54. The molecule has 0 bridgehead atoms. The maximum atomic E-state index is 13.5. The van der Waals surface area contributed by atoms with E-state index in [4.69, 9.17) is 0 Å². The maximum absolute atomic E-state index is 13.5. The van der Waals surface area contributed by atoms with Crippen molar-refractivity contribution < 1.29 is 14.3 Å². The normalized spacial score (nSPS) is 11.7. The second-order valence-corrected chi connectivity index (χ2v) is 4.79. The van der Waals surface area contributed by atoms with Crippen LogP contribution >= 0.6 is 0 Å². The van der Waals surface area contributed by atoms with Crippen LogP contribution in [-0.4, -0.2) is 29.2 Å². The molecule has 0 radical (unpaired) electrons. The van der Waals surface area contributed by atoms with Gasteiger partial charge in [0.2, 0.25) is 0 Å². The predicted octanol–water partition coefficient (Wildman–Crippen LogP) is 1.80. The monoisotopic (exact) mass is 303 g/mol. The van der Waals surface area contributed by atoms with Crippen molar-refractivity contribution in [3.8, 4) is 0 Å². The zero-order chi connectivity index (χ0) is 15.8. The van der Waals surface area contributed by atoms with Gasteiger partial charge in [0.05, 0.1) is 6.10 Å². The lowest BCUT2D eigenvalue weighted by Gasteiger charge is -2.13. The van der Waals surface area contributed by atoms with Gasteiger partial charge in [-0.25, -0.2) is 9.18 Å². The number of aliphatic hydroxyl groups is 1. The molecule has 0 aliphatic carbocycles. The fraction of sp³-hybridized carbons (Fsp3) is 0.250. The molecule has 22 heavy (non-hydrogen) atoms. The van der Waals surface area contributed by atoms with Crippen molar-refractivity contribution in [2.75, 3.05) is 13.1 Å². The second-order valence-electron chi connectivity index (χ2n) is 4.79. The molecule has 1 unspecified atom stereocenters. The summed E-state index contributed by atoms with van der Waals surface area (Å²) in [5.41, 5.74) is 1.19. The van der Waals surface area contributed by atoms with E-state index in [1.165, 1.54) is 12.1 Å². The summed E-state index contributed by atoms with van der Waals surface area (Å²) in [5, 5.41) is 15.0. The van der Waals surface area contributed by atoms with Gasteiger partial charge in [-0.2, -0.15) is 0 Å². The maximum Gasteiger partial charge on any atom is 0.314 e. The molecular formula is C16H18FN3O2. The highest BCUT2D eigenvalue weighted by Gasteiger charge is 2.12. The molecule has 0 fully saturated rings. The highest BCUT2D eigenvalue weighted by molar-refractivity contribution is 5.73. The molecule has 1 heterocycles. The Morgan fingerprint density at radius 3 is 2.77 bits per heavy atom. The number of nitrogens with one attached hydrogen (secondary N) is 2. The van der Waals surface area contributed by atoms with Crippen molar-refractivity contribution in [3.63, 3.8) is 0 Å². The number of carbonyl (C=O) groups is 1. The molecule has 0 aliphatic heterocycles. The van der Waals surface area contributed by atoms with Crippen LogP contribution in [0.15, 0.2) is 48.8 Å². The topological polar surface area (TPSA) is 74.2 Å². The lowest BCUT2D eigenvalue weighted by atomic mass is 10.1. The molecule has 1 aromatic carbocycles. The van der Waals surface area contributed by atoms with Gasteiger partial charge in [0.15, 0.2) is 0 Å². The van der Waals surface area contributed by atoms with Gasteiger partial charge in [-0.1, -0.05) is 24.3 Å². The summed E-state index contributed by atoms with van der Waals surface area (Å²) in [5.74, 6) is -0.492. The minimum absolute atomic E-state index is 0.0559. The van der Waals surface area contributed by atoms with Crippen molar-refractivity contribution in [1.29, 1.82) is 0 Å². The van der Waals surface area contributed by atoms with Crippen LogP contribution in [0, 0.1) is 5.82 Å². The molecule has 0 spiro atoms. The predicted molar refractivity (Wildman–Crippen MR) is 80.7 cm³/mol. The number of aromatic nitrogens is 1. The highest BCUT2D eigenvalue weighted by atomic mass is 19.1. The third-order valence-electron chi connectivity index (χ3n) is 3.14. The van der Waals surface area contributed by atoms with Gasteiger partial charge in [-0.15, -0.1) is 0 Å². The summed E-state index contributed by atoms with van der Waals surface area (Å²) < 4.78 is 13.5. The molecule has 2 aromatic rings. The minimum atomic E-state index is -1.08. The molecule has 116 valence electrons. The SMILES string of the molecule is O=C(NCCc1cccnc1)NCC(O)c1ccccc1F. The number of rotatable bonds is 6. The summed E-state index contributed by atoms with van der Waals surface area (Å²) in [6, 6.07) is 9.29. The van der Waals surface area contributed by atoms with E-state index in [2.05, 4.69) is 15.6 Å². The quantitative estimate of drug-likeness (QED) is 0.762. The van der Waals surface area contributed by atoms with E-state index >= 15 is 0 Å². The zero-order valence-corrected chi connectivity index (χ0v) is 12.0. The molecule has 6 heteroatoms. The summed E-state index contributed by atoms with van der Waals surface area (Å²) in [6.45, 7) is 0.396. The van der Waals surface area contributed by atoms with Gasteiger partial charge < -0.3 is 15.7 Å². The number of hydrogen-bond acceptors (Lipinski definition) is 3. The van der Waals surface area contributed by atoms with E-state index in [0.29, 0.717) is 13.0 Å². The number of urea groups is 1. The Morgan fingerprint density at radius 1 is 1.23 bits per heavy atom. The first-order chi connectivity index (χ1) is 10.7. The Hall–Kier alpha value is -2.47. The fourth-order valence-electron chi connectivity index (χ4n) is 1.97. The van der Waals surface area contributed by atoms with E-state index in [-0.39, 0.29) is 12.1 Å². The van der Waals surface area contributed by atoms with Crippen LogP contribution in [0.3, 0.4) is 0 Å². The molecule has 1 atom stereocenters. The van der Waals surface area contributed by atoms with Gasteiger partial charge in [0, 0.05) is 31.0 Å². The summed E-state index contributed by atoms with van der Waals surface area (Å²) in [6.07, 6.45) is 3.01. The number of hydrogen-bond donors (Lipinski definition) is 3. The van der Waals surface area contributed by atoms with Crippen LogP contribution in [0.5, 0.6) is 0 Å². The average molecular weight is 303 g/mol. The third kappa shape index (κ3) is 4.82. The molecular weight excluding hydrogens is 285 g/mol.